The molecule has 0 fully saturated rings. The van der Waals surface area contributed by atoms with Crippen molar-refractivity contribution >= 4 is 10.0 Å². The molecule has 2 aromatic rings. The summed E-state index contributed by atoms with van der Waals surface area (Å²) in [5.41, 5.74) is 3.22. The van der Waals surface area contributed by atoms with Gasteiger partial charge in [0.05, 0.1) is 12.0 Å². The van der Waals surface area contributed by atoms with Gasteiger partial charge >= 0.3 is 0 Å². The summed E-state index contributed by atoms with van der Waals surface area (Å²) in [5.74, 6) is 0.822. The highest BCUT2D eigenvalue weighted by atomic mass is 32.2. The van der Waals surface area contributed by atoms with E-state index in [1.165, 1.54) is 0 Å². The molecule has 4 nitrogen and oxygen atoms in total. The van der Waals surface area contributed by atoms with Crippen LogP contribution in [-0.4, -0.2) is 21.6 Å². The SMILES string of the molecule is COc1ccc(CCC(C)NS(=O)(=O)c2ccc(C)c(C)c2)cc1. The molecule has 0 saturated heterocycles. The van der Waals surface area contributed by atoms with E-state index in [0.717, 1.165) is 35.3 Å². The Balaban J connectivity index is 1.97. The maximum atomic E-state index is 12.5. The monoisotopic (exact) mass is 347 g/mol. The summed E-state index contributed by atoms with van der Waals surface area (Å²) in [6, 6.07) is 12.9. The third-order valence-electron chi connectivity index (χ3n) is 4.17. The molecule has 0 heterocycles. The van der Waals surface area contributed by atoms with Gasteiger partial charge in [0.15, 0.2) is 0 Å². The van der Waals surface area contributed by atoms with Crippen LogP contribution in [0, 0.1) is 13.8 Å². The molecule has 0 spiro atoms. The van der Waals surface area contributed by atoms with Gasteiger partial charge in [0, 0.05) is 6.04 Å². The molecule has 0 radical (unpaired) electrons. The molecule has 0 aliphatic carbocycles. The van der Waals surface area contributed by atoms with E-state index in [4.69, 9.17) is 4.74 Å². The molecule has 2 aromatic carbocycles. The zero-order valence-corrected chi connectivity index (χ0v) is 15.5. The van der Waals surface area contributed by atoms with Crippen molar-refractivity contribution in [3.8, 4) is 5.75 Å². The second-order valence-corrected chi connectivity index (χ2v) is 7.87. The third kappa shape index (κ3) is 4.82. The molecule has 1 atom stereocenters. The molecular formula is C19H25NO3S. The fraction of sp³-hybridized carbons (Fsp3) is 0.368. The molecule has 0 aromatic heterocycles. The zero-order chi connectivity index (χ0) is 17.7. The topological polar surface area (TPSA) is 55.4 Å². The van der Waals surface area contributed by atoms with Gasteiger partial charge in [-0.15, -0.1) is 0 Å². The van der Waals surface area contributed by atoms with Crippen molar-refractivity contribution < 1.29 is 13.2 Å². The van der Waals surface area contributed by atoms with E-state index in [-0.39, 0.29) is 6.04 Å². The molecule has 0 amide bonds. The second-order valence-electron chi connectivity index (χ2n) is 6.16. The van der Waals surface area contributed by atoms with Crippen LogP contribution in [-0.2, 0) is 16.4 Å². The summed E-state index contributed by atoms with van der Waals surface area (Å²) in [4.78, 5) is 0.321. The number of hydrogen-bond donors (Lipinski definition) is 1. The Morgan fingerprint density at radius 2 is 1.71 bits per heavy atom. The van der Waals surface area contributed by atoms with E-state index in [9.17, 15) is 8.42 Å². The van der Waals surface area contributed by atoms with Gasteiger partial charge in [-0.25, -0.2) is 13.1 Å². The van der Waals surface area contributed by atoms with Gasteiger partial charge < -0.3 is 4.74 Å². The highest BCUT2D eigenvalue weighted by Crippen LogP contribution is 2.16. The molecule has 24 heavy (non-hydrogen) atoms. The Morgan fingerprint density at radius 1 is 1.04 bits per heavy atom. The van der Waals surface area contributed by atoms with Crippen LogP contribution < -0.4 is 9.46 Å². The van der Waals surface area contributed by atoms with Crippen molar-refractivity contribution in [3.05, 3.63) is 59.2 Å². The highest BCUT2D eigenvalue weighted by molar-refractivity contribution is 7.89. The minimum absolute atomic E-state index is 0.140. The van der Waals surface area contributed by atoms with Gasteiger partial charge in [0.2, 0.25) is 10.0 Å². The molecule has 2 rings (SSSR count). The smallest absolute Gasteiger partial charge is 0.240 e. The largest absolute Gasteiger partial charge is 0.497 e. The first kappa shape index (κ1) is 18.5. The molecule has 1 unspecified atom stereocenters. The molecule has 0 saturated carbocycles. The number of nitrogens with one attached hydrogen (secondary N) is 1. The minimum Gasteiger partial charge on any atom is -0.497 e. The van der Waals surface area contributed by atoms with Crippen molar-refractivity contribution in [1.82, 2.24) is 4.72 Å². The number of rotatable bonds is 7. The standard InChI is InChI=1S/C19H25NO3S/c1-14-5-12-19(13-15(14)2)24(21,22)20-16(3)6-7-17-8-10-18(23-4)11-9-17/h5,8-13,16,20H,6-7H2,1-4H3. The number of ether oxygens (including phenoxy) is 1. The van der Waals surface area contributed by atoms with Gasteiger partial charge in [-0.1, -0.05) is 18.2 Å². The van der Waals surface area contributed by atoms with Crippen molar-refractivity contribution in [2.24, 2.45) is 0 Å². The van der Waals surface area contributed by atoms with E-state index in [1.54, 1.807) is 19.2 Å². The predicted molar refractivity (Wildman–Crippen MR) is 97.0 cm³/mol. The van der Waals surface area contributed by atoms with Crippen LogP contribution in [0.1, 0.15) is 30.0 Å². The normalized spacial score (nSPS) is 12.8. The van der Waals surface area contributed by atoms with Gasteiger partial charge in [-0.3, -0.25) is 0 Å². The molecule has 1 N–H and O–H groups in total. The molecule has 0 aliphatic rings. The first-order valence-corrected chi connectivity index (χ1v) is 9.52. The van der Waals surface area contributed by atoms with Gasteiger partial charge in [-0.05, 0) is 74.6 Å². The summed E-state index contributed by atoms with van der Waals surface area (Å²) in [6.07, 6.45) is 1.54. The second kappa shape index (κ2) is 7.81. The zero-order valence-electron chi connectivity index (χ0n) is 14.7. The number of aryl methyl sites for hydroxylation is 3. The third-order valence-corrected chi connectivity index (χ3v) is 5.76. The number of benzene rings is 2. The van der Waals surface area contributed by atoms with E-state index in [2.05, 4.69) is 4.72 Å². The van der Waals surface area contributed by atoms with Gasteiger partial charge in [-0.2, -0.15) is 0 Å². The first-order valence-electron chi connectivity index (χ1n) is 8.04. The summed E-state index contributed by atoms with van der Waals surface area (Å²) < 4.78 is 32.8. The Bertz CT molecular complexity index is 783. The van der Waals surface area contributed by atoms with Crippen LogP contribution in [0.3, 0.4) is 0 Å². The number of sulfonamides is 1. The van der Waals surface area contributed by atoms with Crippen LogP contribution in [0.4, 0.5) is 0 Å². The summed E-state index contributed by atoms with van der Waals surface area (Å²) in [7, 11) is -1.85. The first-order chi connectivity index (χ1) is 11.3. The Morgan fingerprint density at radius 3 is 2.29 bits per heavy atom. The summed E-state index contributed by atoms with van der Waals surface area (Å²) in [5, 5.41) is 0. The average molecular weight is 347 g/mol. The molecule has 0 bridgehead atoms. The van der Waals surface area contributed by atoms with E-state index >= 15 is 0 Å². The van der Waals surface area contributed by atoms with Crippen molar-refractivity contribution in [1.29, 1.82) is 0 Å². The number of hydrogen-bond acceptors (Lipinski definition) is 3. The highest BCUT2D eigenvalue weighted by Gasteiger charge is 2.17. The van der Waals surface area contributed by atoms with E-state index in [1.807, 2.05) is 51.1 Å². The fourth-order valence-electron chi connectivity index (χ4n) is 2.45. The molecule has 0 aliphatic heterocycles. The Hall–Kier alpha value is -1.85. The maximum absolute atomic E-state index is 12.5. The molecule has 5 heteroatoms. The lowest BCUT2D eigenvalue weighted by Gasteiger charge is -2.15. The lowest BCUT2D eigenvalue weighted by Crippen LogP contribution is -2.33. The average Bonchev–Trinajstić information content (AvgIpc) is 2.55. The lowest BCUT2D eigenvalue weighted by molar-refractivity contribution is 0.414. The minimum atomic E-state index is -3.48. The predicted octanol–water partition coefficient (Wildman–Crippen LogP) is 3.61. The van der Waals surface area contributed by atoms with Crippen LogP contribution in [0.2, 0.25) is 0 Å². The van der Waals surface area contributed by atoms with Crippen molar-refractivity contribution in [3.63, 3.8) is 0 Å². The van der Waals surface area contributed by atoms with Crippen LogP contribution in [0.5, 0.6) is 5.75 Å². The Labute approximate surface area is 144 Å². The van der Waals surface area contributed by atoms with Crippen LogP contribution >= 0.6 is 0 Å². The van der Waals surface area contributed by atoms with E-state index < -0.39 is 10.0 Å². The summed E-state index contributed by atoms with van der Waals surface area (Å²) in [6.45, 7) is 5.78. The van der Waals surface area contributed by atoms with Crippen molar-refractivity contribution in [2.75, 3.05) is 7.11 Å². The Kier molecular flexibility index (Phi) is 6.02. The van der Waals surface area contributed by atoms with Crippen LogP contribution in [0.25, 0.3) is 0 Å². The van der Waals surface area contributed by atoms with E-state index in [0.29, 0.717) is 4.90 Å². The van der Waals surface area contributed by atoms with Crippen molar-refractivity contribution in [2.45, 2.75) is 44.6 Å². The molecular weight excluding hydrogens is 322 g/mol. The van der Waals surface area contributed by atoms with Gasteiger partial charge in [0.1, 0.15) is 5.75 Å². The summed E-state index contributed by atoms with van der Waals surface area (Å²) >= 11 is 0. The quantitative estimate of drug-likeness (QED) is 0.832. The fourth-order valence-corrected chi connectivity index (χ4v) is 3.81. The van der Waals surface area contributed by atoms with Crippen LogP contribution in [0.15, 0.2) is 47.4 Å². The number of methoxy groups -OCH3 is 1. The molecule has 130 valence electrons. The lowest BCUT2D eigenvalue weighted by atomic mass is 10.1. The van der Waals surface area contributed by atoms with Gasteiger partial charge in [0.25, 0.3) is 0 Å². The maximum Gasteiger partial charge on any atom is 0.240 e.